The van der Waals surface area contributed by atoms with Crippen molar-refractivity contribution >= 4 is 23.5 Å². The SMILES string of the molecule is CC(C)(C)c1ccc(C(=O)Nc2ccc(-c3cccc(C(F)(F)F)c3)cc2C(=O)NC(Cc2ccc(-c3ccccc3)cc2)C(=O)O)cc1. The molecule has 0 aliphatic carbocycles. The topological polar surface area (TPSA) is 95.5 Å². The molecule has 3 N–H and O–H groups in total. The standard InChI is InChI=1S/C40H35F3N2O4/c1-39(2,3)31-19-16-28(17-20-31)36(46)44-34-21-18-30(29-10-7-11-32(23-29)40(41,42)43)24-33(34)37(47)45-35(38(48)49)22-25-12-14-27(15-13-25)26-8-5-4-6-9-26/h4-21,23-24,35H,22H2,1-3H3,(H,44,46)(H,45,47)(H,48,49). The van der Waals surface area contributed by atoms with E-state index in [2.05, 4.69) is 10.6 Å². The number of carbonyl (C=O) groups excluding carboxylic acids is 2. The lowest BCUT2D eigenvalue weighted by Crippen LogP contribution is -2.42. The van der Waals surface area contributed by atoms with Gasteiger partial charge in [0, 0.05) is 12.0 Å². The monoisotopic (exact) mass is 664 g/mol. The molecule has 0 aliphatic rings. The Bertz CT molecular complexity index is 1960. The van der Waals surface area contributed by atoms with E-state index in [9.17, 15) is 32.7 Å². The third-order valence-corrected chi connectivity index (χ3v) is 8.15. The first-order valence-corrected chi connectivity index (χ1v) is 15.6. The van der Waals surface area contributed by atoms with Crippen LogP contribution < -0.4 is 10.6 Å². The van der Waals surface area contributed by atoms with E-state index in [1.807, 2.05) is 75.4 Å². The van der Waals surface area contributed by atoms with Gasteiger partial charge >= 0.3 is 12.1 Å². The number of aliphatic carboxylic acids is 1. The molecule has 5 rings (SSSR count). The van der Waals surface area contributed by atoms with E-state index < -0.39 is 35.6 Å². The van der Waals surface area contributed by atoms with Gasteiger partial charge in [-0.15, -0.1) is 0 Å². The highest BCUT2D eigenvalue weighted by molar-refractivity contribution is 6.10. The first-order chi connectivity index (χ1) is 23.2. The van der Waals surface area contributed by atoms with Gasteiger partial charge < -0.3 is 15.7 Å². The molecule has 1 unspecified atom stereocenters. The van der Waals surface area contributed by atoms with Crippen molar-refractivity contribution in [2.75, 3.05) is 5.32 Å². The van der Waals surface area contributed by atoms with E-state index in [1.165, 1.54) is 30.3 Å². The first-order valence-electron chi connectivity index (χ1n) is 15.6. The van der Waals surface area contributed by atoms with E-state index >= 15 is 0 Å². The predicted molar refractivity (Wildman–Crippen MR) is 184 cm³/mol. The molecule has 0 aliphatic heterocycles. The van der Waals surface area contributed by atoms with Gasteiger partial charge in [0.15, 0.2) is 0 Å². The molecule has 0 radical (unpaired) electrons. The van der Waals surface area contributed by atoms with Crippen molar-refractivity contribution in [1.82, 2.24) is 5.32 Å². The van der Waals surface area contributed by atoms with Gasteiger partial charge in [0.1, 0.15) is 6.04 Å². The Kier molecular flexibility index (Phi) is 10.0. The molecule has 2 amide bonds. The highest BCUT2D eigenvalue weighted by Gasteiger charge is 2.31. The van der Waals surface area contributed by atoms with E-state index in [1.54, 1.807) is 24.3 Å². The molecule has 0 aromatic heterocycles. The summed E-state index contributed by atoms with van der Waals surface area (Å²) < 4.78 is 40.5. The molecule has 250 valence electrons. The van der Waals surface area contributed by atoms with Gasteiger partial charge in [-0.3, -0.25) is 9.59 Å². The lowest BCUT2D eigenvalue weighted by atomic mass is 9.86. The van der Waals surface area contributed by atoms with Crippen LogP contribution in [0.15, 0.2) is 121 Å². The predicted octanol–water partition coefficient (Wildman–Crippen LogP) is 9.01. The molecule has 1 atom stereocenters. The zero-order valence-corrected chi connectivity index (χ0v) is 27.1. The van der Waals surface area contributed by atoms with Crippen molar-refractivity contribution in [3.8, 4) is 22.3 Å². The summed E-state index contributed by atoms with van der Waals surface area (Å²) in [7, 11) is 0. The minimum Gasteiger partial charge on any atom is -0.480 e. The quantitative estimate of drug-likeness (QED) is 0.147. The molecule has 0 bridgehead atoms. The maximum atomic E-state index is 13.8. The number of carbonyl (C=O) groups is 3. The van der Waals surface area contributed by atoms with Crippen molar-refractivity contribution in [2.24, 2.45) is 0 Å². The second-order valence-electron chi connectivity index (χ2n) is 12.8. The minimum atomic E-state index is -4.58. The fraction of sp³-hybridized carbons (Fsp3) is 0.175. The molecular weight excluding hydrogens is 629 g/mol. The number of amides is 2. The Hall–Kier alpha value is -5.70. The van der Waals surface area contributed by atoms with Gasteiger partial charge in [0.2, 0.25) is 0 Å². The zero-order valence-electron chi connectivity index (χ0n) is 27.1. The van der Waals surface area contributed by atoms with Crippen molar-refractivity contribution < 1.29 is 32.7 Å². The second-order valence-corrected chi connectivity index (χ2v) is 12.8. The van der Waals surface area contributed by atoms with Crippen molar-refractivity contribution in [3.05, 3.63) is 149 Å². The van der Waals surface area contributed by atoms with E-state index in [4.69, 9.17) is 0 Å². The average Bonchev–Trinajstić information content (AvgIpc) is 3.08. The lowest BCUT2D eigenvalue weighted by Gasteiger charge is -2.19. The molecule has 6 nitrogen and oxygen atoms in total. The molecular formula is C40H35F3N2O4. The zero-order chi connectivity index (χ0) is 35.3. The Balaban J connectivity index is 1.44. The van der Waals surface area contributed by atoms with Crippen molar-refractivity contribution in [1.29, 1.82) is 0 Å². The average molecular weight is 665 g/mol. The molecule has 0 heterocycles. The number of benzene rings is 5. The number of hydrogen-bond acceptors (Lipinski definition) is 3. The van der Waals surface area contributed by atoms with Crippen LogP contribution in [0.25, 0.3) is 22.3 Å². The van der Waals surface area contributed by atoms with Crippen LogP contribution in [-0.2, 0) is 22.8 Å². The summed E-state index contributed by atoms with van der Waals surface area (Å²) in [6.45, 7) is 6.13. The number of alkyl halides is 3. The van der Waals surface area contributed by atoms with Gasteiger partial charge in [-0.05, 0) is 75.2 Å². The molecule has 0 fully saturated rings. The van der Waals surface area contributed by atoms with Gasteiger partial charge in [0.25, 0.3) is 11.8 Å². The second kappa shape index (κ2) is 14.2. The van der Waals surface area contributed by atoms with Crippen LogP contribution in [-0.4, -0.2) is 28.9 Å². The van der Waals surface area contributed by atoms with E-state index in [-0.39, 0.29) is 34.2 Å². The fourth-order valence-electron chi connectivity index (χ4n) is 5.35. The van der Waals surface area contributed by atoms with Gasteiger partial charge in [0.05, 0.1) is 16.8 Å². The first kappa shape index (κ1) is 34.6. The summed E-state index contributed by atoms with van der Waals surface area (Å²) in [6.07, 6.45) is -4.62. The number of anilines is 1. The van der Waals surface area contributed by atoms with Crippen LogP contribution in [0.4, 0.5) is 18.9 Å². The number of nitrogens with one attached hydrogen (secondary N) is 2. The highest BCUT2D eigenvalue weighted by Crippen LogP contribution is 2.33. The summed E-state index contributed by atoms with van der Waals surface area (Å²) in [5.74, 6) is -2.62. The molecule has 49 heavy (non-hydrogen) atoms. The third kappa shape index (κ3) is 8.61. The Morgan fingerprint density at radius 3 is 1.86 bits per heavy atom. The summed E-state index contributed by atoms with van der Waals surface area (Å²) in [5, 5.41) is 15.3. The number of hydrogen-bond donors (Lipinski definition) is 3. The number of carboxylic acid groups (broad SMARTS) is 1. The molecule has 5 aromatic carbocycles. The van der Waals surface area contributed by atoms with Crippen LogP contribution >= 0.6 is 0 Å². The summed E-state index contributed by atoms with van der Waals surface area (Å²) in [6, 6.07) is 31.5. The maximum absolute atomic E-state index is 13.8. The molecule has 9 heteroatoms. The van der Waals surface area contributed by atoms with Crippen molar-refractivity contribution in [2.45, 2.75) is 44.8 Å². The minimum absolute atomic E-state index is 0.0364. The lowest BCUT2D eigenvalue weighted by molar-refractivity contribution is -0.139. The molecule has 5 aromatic rings. The number of rotatable bonds is 9. The van der Waals surface area contributed by atoms with Crippen LogP contribution in [0.2, 0.25) is 0 Å². The largest absolute Gasteiger partial charge is 0.480 e. The van der Waals surface area contributed by atoms with E-state index in [0.717, 1.165) is 28.8 Å². The van der Waals surface area contributed by atoms with Gasteiger partial charge in [-0.1, -0.05) is 106 Å². The Labute approximate surface area is 282 Å². The molecule has 0 spiro atoms. The highest BCUT2D eigenvalue weighted by atomic mass is 19.4. The molecule has 0 saturated carbocycles. The summed E-state index contributed by atoms with van der Waals surface area (Å²) in [4.78, 5) is 39.4. The van der Waals surface area contributed by atoms with Crippen LogP contribution in [0.1, 0.15) is 58.2 Å². The fourth-order valence-corrected chi connectivity index (χ4v) is 5.35. The van der Waals surface area contributed by atoms with Gasteiger partial charge in [-0.2, -0.15) is 13.2 Å². The van der Waals surface area contributed by atoms with Crippen molar-refractivity contribution in [3.63, 3.8) is 0 Å². The Morgan fingerprint density at radius 1 is 0.653 bits per heavy atom. The van der Waals surface area contributed by atoms with Crippen LogP contribution in [0.3, 0.4) is 0 Å². The number of carboxylic acids is 1. The third-order valence-electron chi connectivity index (χ3n) is 8.15. The summed E-state index contributed by atoms with van der Waals surface area (Å²) >= 11 is 0. The van der Waals surface area contributed by atoms with Crippen LogP contribution in [0, 0.1) is 0 Å². The molecule has 0 saturated heterocycles. The Morgan fingerprint density at radius 2 is 1.24 bits per heavy atom. The normalized spacial score (nSPS) is 12.2. The van der Waals surface area contributed by atoms with E-state index in [0.29, 0.717) is 11.1 Å². The van der Waals surface area contributed by atoms with Gasteiger partial charge in [-0.25, -0.2) is 4.79 Å². The summed E-state index contributed by atoms with van der Waals surface area (Å²) in [5.41, 5.74) is 3.36. The number of halogens is 3. The smallest absolute Gasteiger partial charge is 0.416 e. The van der Waals surface area contributed by atoms with Crippen LogP contribution in [0.5, 0.6) is 0 Å². The maximum Gasteiger partial charge on any atom is 0.416 e.